The smallest absolute Gasteiger partial charge is 0.305 e. The molecule has 0 spiro atoms. The van der Waals surface area contributed by atoms with E-state index in [0.717, 1.165) is 5.56 Å². The van der Waals surface area contributed by atoms with Crippen LogP contribution < -0.4 is 5.32 Å². The van der Waals surface area contributed by atoms with E-state index in [9.17, 15) is 14.9 Å². The zero-order valence-corrected chi connectivity index (χ0v) is 8.77. The Labute approximate surface area is 92.0 Å². The molecule has 2 N–H and O–H groups in total. The zero-order valence-electron chi connectivity index (χ0n) is 8.77. The number of nitrogens with one attached hydrogen (secondary N) is 1. The Morgan fingerprint density at radius 3 is 2.81 bits per heavy atom. The Morgan fingerprint density at radius 1 is 1.56 bits per heavy atom. The number of carboxylic acid groups (broad SMARTS) is 1. The summed E-state index contributed by atoms with van der Waals surface area (Å²) >= 11 is 0. The van der Waals surface area contributed by atoms with E-state index >= 15 is 0 Å². The maximum Gasteiger partial charge on any atom is 0.305 e. The van der Waals surface area contributed by atoms with Crippen LogP contribution in [0.25, 0.3) is 0 Å². The maximum absolute atomic E-state index is 10.5. The van der Waals surface area contributed by atoms with Gasteiger partial charge in [0.2, 0.25) is 0 Å². The third kappa shape index (κ3) is 3.23. The van der Waals surface area contributed by atoms with E-state index in [1.165, 1.54) is 12.1 Å². The van der Waals surface area contributed by atoms with E-state index in [4.69, 9.17) is 5.11 Å². The number of non-ortho nitro benzene ring substituents is 1. The van der Waals surface area contributed by atoms with Gasteiger partial charge in [-0.05, 0) is 12.5 Å². The third-order valence-electron chi connectivity index (χ3n) is 2.09. The van der Waals surface area contributed by atoms with Crippen LogP contribution in [0.1, 0.15) is 12.0 Å². The maximum atomic E-state index is 10.5. The van der Waals surface area contributed by atoms with Crippen LogP contribution in [0.5, 0.6) is 0 Å². The minimum atomic E-state index is -0.907. The quantitative estimate of drug-likeness (QED) is 0.587. The van der Waals surface area contributed by atoms with Crippen molar-refractivity contribution in [3.63, 3.8) is 0 Å². The van der Waals surface area contributed by atoms with Crippen LogP contribution in [-0.2, 0) is 4.79 Å². The fourth-order valence-electron chi connectivity index (χ4n) is 1.22. The number of nitro benzene ring substituents is 1. The first-order valence-corrected chi connectivity index (χ1v) is 4.71. The van der Waals surface area contributed by atoms with Crippen LogP contribution in [0.15, 0.2) is 18.2 Å². The lowest BCUT2D eigenvalue weighted by Gasteiger charge is -2.07. The summed E-state index contributed by atoms with van der Waals surface area (Å²) in [6, 6.07) is 4.44. The minimum Gasteiger partial charge on any atom is -0.481 e. The van der Waals surface area contributed by atoms with Crippen molar-refractivity contribution in [2.75, 3.05) is 11.9 Å². The second-order valence-electron chi connectivity index (χ2n) is 3.33. The molecule has 0 heterocycles. The second-order valence-corrected chi connectivity index (χ2v) is 3.33. The molecule has 0 aliphatic heterocycles. The molecule has 16 heavy (non-hydrogen) atoms. The first-order valence-electron chi connectivity index (χ1n) is 4.71. The molecule has 0 saturated heterocycles. The molecule has 0 fully saturated rings. The fourth-order valence-corrected chi connectivity index (χ4v) is 1.22. The Balaban J connectivity index is 2.74. The summed E-state index contributed by atoms with van der Waals surface area (Å²) in [5.41, 5.74) is 1.43. The zero-order chi connectivity index (χ0) is 12.1. The van der Waals surface area contributed by atoms with Crippen LogP contribution in [-0.4, -0.2) is 22.5 Å². The Hall–Kier alpha value is -2.11. The normalized spacial score (nSPS) is 9.81. The lowest BCUT2D eigenvalue weighted by atomic mass is 10.2. The SMILES string of the molecule is Cc1ccc([N+](=O)[O-])cc1NCCC(=O)O. The number of benzene rings is 1. The van der Waals surface area contributed by atoms with E-state index in [0.29, 0.717) is 5.69 Å². The number of carboxylic acids is 1. The van der Waals surface area contributed by atoms with E-state index in [1.54, 1.807) is 13.0 Å². The number of nitro groups is 1. The van der Waals surface area contributed by atoms with Gasteiger partial charge in [0.1, 0.15) is 0 Å². The average molecular weight is 224 g/mol. The molecule has 86 valence electrons. The molecule has 0 unspecified atom stereocenters. The van der Waals surface area contributed by atoms with Crippen molar-refractivity contribution in [3.8, 4) is 0 Å². The number of anilines is 1. The average Bonchev–Trinajstić information content (AvgIpc) is 2.20. The van der Waals surface area contributed by atoms with Crippen molar-refractivity contribution < 1.29 is 14.8 Å². The van der Waals surface area contributed by atoms with Crippen LogP contribution in [0.4, 0.5) is 11.4 Å². The summed E-state index contributed by atoms with van der Waals surface area (Å²) < 4.78 is 0. The van der Waals surface area contributed by atoms with Crippen molar-refractivity contribution in [2.24, 2.45) is 0 Å². The molecule has 0 radical (unpaired) electrons. The summed E-state index contributed by atoms with van der Waals surface area (Å²) in [6.07, 6.45) is -0.0257. The largest absolute Gasteiger partial charge is 0.481 e. The molecular weight excluding hydrogens is 212 g/mol. The number of hydrogen-bond acceptors (Lipinski definition) is 4. The van der Waals surface area contributed by atoms with Crippen LogP contribution in [0, 0.1) is 17.0 Å². The predicted octanol–water partition coefficient (Wildman–Crippen LogP) is 1.79. The Morgan fingerprint density at radius 2 is 2.25 bits per heavy atom. The van der Waals surface area contributed by atoms with Crippen molar-refractivity contribution >= 4 is 17.3 Å². The minimum absolute atomic E-state index is 0.0107. The summed E-state index contributed by atoms with van der Waals surface area (Å²) in [6.45, 7) is 2.05. The van der Waals surface area contributed by atoms with Crippen LogP contribution in [0.2, 0.25) is 0 Å². The van der Waals surface area contributed by atoms with Gasteiger partial charge in [-0.15, -0.1) is 0 Å². The van der Waals surface area contributed by atoms with Crippen LogP contribution >= 0.6 is 0 Å². The van der Waals surface area contributed by atoms with Crippen molar-refractivity contribution in [1.82, 2.24) is 0 Å². The van der Waals surface area contributed by atoms with Crippen LogP contribution in [0.3, 0.4) is 0 Å². The Bertz CT molecular complexity index is 417. The monoisotopic (exact) mass is 224 g/mol. The highest BCUT2D eigenvalue weighted by Crippen LogP contribution is 2.21. The van der Waals surface area contributed by atoms with Gasteiger partial charge in [0.15, 0.2) is 0 Å². The molecule has 0 saturated carbocycles. The predicted molar refractivity (Wildman–Crippen MR) is 58.6 cm³/mol. The number of rotatable bonds is 5. The van der Waals surface area contributed by atoms with Gasteiger partial charge in [-0.25, -0.2) is 0 Å². The van der Waals surface area contributed by atoms with E-state index in [1.807, 2.05) is 0 Å². The summed E-state index contributed by atoms with van der Waals surface area (Å²) in [7, 11) is 0. The molecule has 0 aromatic heterocycles. The first-order chi connectivity index (χ1) is 7.50. The van der Waals surface area contributed by atoms with Crippen molar-refractivity contribution in [1.29, 1.82) is 0 Å². The highest BCUT2D eigenvalue weighted by atomic mass is 16.6. The molecule has 0 amide bonds. The van der Waals surface area contributed by atoms with Crippen molar-refractivity contribution in [2.45, 2.75) is 13.3 Å². The van der Waals surface area contributed by atoms with Gasteiger partial charge in [-0.2, -0.15) is 0 Å². The summed E-state index contributed by atoms with van der Waals surface area (Å²) in [5.74, 6) is -0.907. The van der Waals surface area contributed by atoms with E-state index in [2.05, 4.69) is 5.32 Å². The number of aryl methyl sites for hydroxylation is 1. The van der Waals surface area contributed by atoms with E-state index < -0.39 is 10.9 Å². The summed E-state index contributed by atoms with van der Waals surface area (Å²) in [5, 5.41) is 21.8. The number of hydrogen-bond donors (Lipinski definition) is 2. The number of nitrogens with zero attached hydrogens (tertiary/aromatic N) is 1. The fraction of sp³-hybridized carbons (Fsp3) is 0.300. The molecule has 0 bridgehead atoms. The van der Waals surface area contributed by atoms with Gasteiger partial charge in [0, 0.05) is 24.4 Å². The van der Waals surface area contributed by atoms with Crippen molar-refractivity contribution in [3.05, 3.63) is 33.9 Å². The molecule has 6 nitrogen and oxygen atoms in total. The molecule has 0 atom stereocenters. The third-order valence-corrected chi connectivity index (χ3v) is 2.09. The highest BCUT2D eigenvalue weighted by Gasteiger charge is 2.08. The van der Waals surface area contributed by atoms with Gasteiger partial charge in [0.05, 0.1) is 11.3 Å². The second kappa shape index (κ2) is 5.11. The van der Waals surface area contributed by atoms with Gasteiger partial charge in [-0.3, -0.25) is 14.9 Å². The molecule has 6 heteroatoms. The lowest BCUT2D eigenvalue weighted by molar-refractivity contribution is -0.384. The molecule has 1 aromatic carbocycles. The molecule has 0 aliphatic carbocycles. The highest BCUT2D eigenvalue weighted by molar-refractivity contribution is 5.67. The molecule has 1 rings (SSSR count). The number of carbonyl (C=O) groups is 1. The van der Waals surface area contributed by atoms with Gasteiger partial charge in [0.25, 0.3) is 5.69 Å². The topological polar surface area (TPSA) is 92.5 Å². The van der Waals surface area contributed by atoms with Gasteiger partial charge < -0.3 is 10.4 Å². The lowest BCUT2D eigenvalue weighted by Crippen LogP contribution is -2.08. The molecular formula is C10H12N2O4. The van der Waals surface area contributed by atoms with E-state index in [-0.39, 0.29) is 18.7 Å². The first kappa shape index (κ1) is 12.0. The van der Waals surface area contributed by atoms with Gasteiger partial charge >= 0.3 is 5.97 Å². The summed E-state index contributed by atoms with van der Waals surface area (Å²) in [4.78, 5) is 20.3. The standard InChI is InChI=1S/C10H12N2O4/c1-7-2-3-8(12(15)16)6-9(7)11-5-4-10(13)14/h2-3,6,11H,4-5H2,1H3,(H,13,14). The van der Waals surface area contributed by atoms with Gasteiger partial charge in [-0.1, -0.05) is 6.07 Å². The number of aliphatic carboxylic acids is 1. The molecule has 1 aromatic rings. The molecule has 0 aliphatic rings. The Kier molecular flexibility index (Phi) is 3.82.